The molecule has 2 rings (SSSR count). The number of aryl methyl sites for hydroxylation is 1. The molecule has 0 atom stereocenters. The Hall–Kier alpha value is -1.48. The highest BCUT2D eigenvalue weighted by Crippen LogP contribution is 2.27. The van der Waals surface area contributed by atoms with Gasteiger partial charge in [0, 0.05) is 18.2 Å². The molecule has 0 radical (unpaired) electrons. The highest BCUT2D eigenvalue weighted by Gasteiger charge is 2.10. The molecule has 0 unspecified atom stereocenters. The standard InChI is InChI=1S/C14H18ClN3/c1-10(2)7-8-18-14(16)9-13(17-18)11-5-3-4-6-12(11)15/h3-6,9-10H,7-8,16H2,1-2H3. The van der Waals surface area contributed by atoms with Crippen molar-refractivity contribution in [2.45, 2.75) is 26.8 Å². The van der Waals surface area contributed by atoms with E-state index in [1.165, 1.54) is 0 Å². The number of aromatic nitrogens is 2. The molecular weight excluding hydrogens is 246 g/mol. The van der Waals surface area contributed by atoms with E-state index in [1.54, 1.807) is 0 Å². The number of anilines is 1. The average molecular weight is 264 g/mol. The molecule has 0 saturated carbocycles. The Morgan fingerprint density at radius 1 is 1.33 bits per heavy atom. The van der Waals surface area contributed by atoms with Gasteiger partial charge in [-0.3, -0.25) is 0 Å². The highest BCUT2D eigenvalue weighted by atomic mass is 35.5. The van der Waals surface area contributed by atoms with Gasteiger partial charge in [-0.15, -0.1) is 0 Å². The van der Waals surface area contributed by atoms with E-state index in [2.05, 4.69) is 18.9 Å². The zero-order valence-electron chi connectivity index (χ0n) is 10.7. The van der Waals surface area contributed by atoms with Crippen molar-refractivity contribution >= 4 is 17.4 Å². The predicted molar refractivity (Wildman–Crippen MR) is 76.5 cm³/mol. The summed E-state index contributed by atoms with van der Waals surface area (Å²) in [6.45, 7) is 5.22. The molecule has 0 saturated heterocycles. The third-order valence-electron chi connectivity index (χ3n) is 2.88. The lowest BCUT2D eigenvalue weighted by atomic mass is 10.1. The van der Waals surface area contributed by atoms with Crippen molar-refractivity contribution in [1.82, 2.24) is 9.78 Å². The van der Waals surface area contributed by atoms with E-state index in [4.69, 9.17) is 17.3 Å². The molecule has 2 aromatic rings. The normalized spacial score (nSPS) is 11.1. The van der Waals surface area contributed by atoms with Crippen molar-refractivity contribution in [3.8, 4) is 11.3 Å². The van der Waals surface area contributed by atoms with Crippen LogP contribution in [0.25, 0.3) is 11.3 Å². The number of halogens is 1. The zero-order chi connectivity index (χ0) is 13.1. The van der Waals surface area contributed by atoms with Gasteiger partial charge in [-0.1, -0.05) is 43.6 Å². The minimum absolute atomic E-state index is 0.636. The molecule has 4 heteroatoms. The van der Waals surface area contributed by atoms with E-state index in [1.807, 2.05) is 35.0 Å². The van der Waals surface area contributed by atoms with Gasteiger partial charge in [-0.05, 0) is 18.4 Å². The van der Waals surface area contributed by atoms with Crippen molar-refractivity contribution in [3.05, 3.63) is 35.4 Å². The summed E-state index contributed by atoms with van der Waals surface area (Å²) in [5.74, 6) is 1.32. The van der Waals surface area contributed by atoms with Crippen molar-refractivity contribution in [2.24, 2.45) is 5.92 Å². The molecule has 1 heterocycles. The first-order valence-corrected chi connectivity index (χ1v) is 6.54. The quantitative estimate of drug-likeness (QED) is 0.911. The molecular formula is C14H18ClN3. The van der Waals surface area contributed by atoms with Crippen molar-refractivity contribution in [1.29, 1.82) is 0 Å². The summed E-state index contributed by atoms with van der Waals surface area (Å²) in [6.07, 6.45) is 1.06. The van der Waals surface area contributed by atoms with Crippen LogP contribution in [-0.2, 0) is 6.54 Å². The van der Waals surface area contributed by atoms with Gasteiger partial charge in [-0.25, -0.2) is 4.68 Å². The summed E-state index contributed by atoms with van der Waals surface area (Å²) >= 11 is 6.16. The van der Waals surface area contributed by atoms with E-state index < -0.39 is 0 Å². The van der Waals surface area contributed by atoms with Crippen molar-refractivity contribution < 1.29 is 0 Å². The fraction of sp³-hybridized carbons (Fsp3) is 0.357. The highest BCUT2D eigenvalue weighted by molar-refractivity contribution is 6.33. The summed E-state index contributed by atoms with van der Waals surface area (Å²) in [5.41, 5.74) is 7.73. The van der Waals surface area contributed by atoms with Gasteiger partial charge in [-0.2, -0.15) is 5.10 Å². The van der Waals surface area contributed by atoms with Gasteiger partial charge >= 0.3 is 0 Å². The maximum atomic E-state index is 6.16. The Morgan fingerprint density at radius 2 is 2.06 bits per heavy atom. The molecule has 2 N–H and O–H groups in total. The first-order valence-electron chi connectivity index (χ1n) is 6.16. The van der Waals surface area contributed by atoms with Crippen LogP contribution in [0.2, 0.25) is 5.02 Å². The van der Waals surface area contributed by atoms with E-state index in [0.29, 0.717) is 16.8 Å². The van der Waals surface area contributed by atoms with Gasteiger partial charge < -0.3 is 5.73 Å². The van der Waals surface area contributed by atoms with Crippen molar-refractivity contribution in [3.63, 3.8) is 0 Å². The maximum Gasteiger partial charge on any atom is 0.122 e. The van der Waals surface area contributed by atoms with Gasteiger partial charge in [0.05, 0.1) is 10.7 Å². The van der Waals surface area contributed by atoms with Crippen LogP contribution in [0, 0.1) is 5.92 Å². The summed E-state index contributed by atoms with van der Waals surface area (Å²) in [6, 6.07) is 9.55. The lowest BCUT2D eigenvalue weighted by Crippen LogP contribution is -2.06. The Bertz CT molecular complexity index is 532. The molecule has 0 aliphatic heterocycles. The molecule has 0 fully saturated rings. The number of nitrogen functional groups attached to an aromatic ring is 1. The van der Waals surface area contributed by atoms with Crippen LogP contribution in [0.15, 0.2) is 30.3 Å². The van der Waals surface area contributed by atoms with Gasteiger partial charge in [0.15, 0.2) is 0 Å². The second kappa shape index (κ2) is 5.44. The monoisotopic (exact) mass is 263 g/mol. The fourth-order valence-electron chi connectivity index (χ4n) is 1.79. The molecule has 0 spiro atoms. The number of benzene rings is 1. The molecule has 96 valence electrons. The zero-order valence-corrected chi connectivity index (χ0v) is 11.5. The summed E-state index contributed by atoms with van der Waals surface area (Å²) in [7, 11) is 0. The minimum atomic E-state index is 0.636. The average Bonchev–Trinajstić information content (AvgIpc) is 2.68. The van der Waals surface area contributed by atoms with Crippen LogP contribution in [0.1, 0.15) is 20.3 Å². The van der Waals surface area contributed by atoms with E-state index in [9.17, 15) is 0 Å². The Balaban J connectivity index is 2.26. The maximum absolute atomic E-state index is 6.16. The Kier molecular flexibility index (Phi) is 3.92. The number of hydrogen-bond acceptors (Lipinski definition) is 2. The summed E-state index contributed by atoms with van der Waals surface area (Å²) < 4.78 is 1.85. The van der Waals surface area contributed by atoms with Crippen LogP contribution >= 0.6 is 11.6 Å². The smallest absolute Gasteiger partial charge is 0.122 e. The second-order valence-electron chi connectivity index (χ2n) is 4.84. The molecule has 0 bridgehead atoms. The molecule has 18 heavy (non-hydrogen) atoms. The molecule has 1 aromatic heterocycles. The molecule has 3 nitrogen and oxygen atoms in total. The fourth-order valence-corrected chi connectivity index (χ4v) is 2.02. The van der Waals surface area contributed by atoms with Gasteiger partial charge in [0.25, 0.3) is 0 Å². The predicted octanol–water partition coefficient (Wildman–Crippen LogP) is 3.83. The number of nitrogens with two attached hydrogens (primary N) is 1. The molecule has 0 aliphatic rings. The van der Waals surface area contributed by atoms with E-state index in [-0.39, 0.29) is 0 Å². The summed E-state index contributed by atoms with van der Waals surface area (Å²) in [4.78, 5) is 0. The van der Waals surface area contributed by atoms with E-state index in [0.717, 1.165) is 24.2 Å². The third kappa shape index (κ3) is 2.85. The Morgan fingerprint density at radius 3 is 2.72 bits per heavy atom. The SMILES string of the molecule is CC(C)CCn1nc(-c2ccccc2Cl)cc1N. The summed E-state index contributed by atoms with van der Waals surface area (Å²) in [5, 5.41) is 5.22. The number of hydrogen-bond donors (Lipinski definition) is 1. The molecule has 0 aliphatic carbocycles. The van der Waals surface area contributed by atoms with Crippen LogP contribution in [0.3, 0.4) is 0 Å². The van der Waals surface area contributed by atoms with Gasteiger partial charge in [0.1, 0.15) is 5.82 Å². The van der Waals surface area contributed by atoms with E-state index >= 15 is 0 Å². The minimum Gasteiger partial charge on any atom is -0.384 e. The number of rotatable bonds is 4. The lowest BCUT2D eigenvalue weighted by molar-refractivity contribution is 0.492. The Labute approximate surface area is 113 Å². The van der Waals surface area contributed by atoms with Crippen LogP contribution in [0.5, 0.6) is 0 Å². The first-order chi connectivity index (χ1) is 8.58. The lowest BCUT2D eigenvalue weighted by Gasteiger charge is -2.06. The van der Waals surface area contributed by atoms with Crippen LogP contribution < -0.4 is 5.73 Å². The molecule has 1 aromatic carbocycles. The topological polar surface area (TPSA) is 43.8 Å². The van der Waals surface area contributed by atoms with Crippen LogP contribution in [-0.4, -0.2) is 9.78 Å². The largest absolute Gasteiger partial charge is 0.384 e. The second-order valence-corrected chi connectivity index (χ2v) is 5.25. The third-order valence-corrected chi connectivity index (χ3v) is 3.21. The first kappa shape index (κ1) is 13.0. The van der Waals surface area contributed by atoms with Gasteiger partial charge in [0.2, 0.25) is 0 Å². The van der Waals surface area contributed by atoms with Crippen LogP contribution in [0.4, 0.5) is 5.82 Å². The number of nitrogens with zero attached hydrogens (tertiary/aromatic N) is 2. The molecule has 0 amide bonds. The van der Waals surface area contributed by atoms with Crippen molar-refractivity contribution in [2.75, 3.05) is 5.73 Å².